The number of halogens is 1. The van der Waals surface area contributed by atoms with E-state index in [4.69, 9.17) is 22.8 Å². The molecule has 5 nitrogen and oxygen atoms in total. The lowest BCUT2D eigenvalue weighted by Gasteiger charge is -2.21. The highest BCUT2D eigenvalue weighted by Crippen LogP contribution is 2.07. The number of amides is 1. The van der Waals surface area contributed by atoms with Gasteiger partial charge in [0.2, 0.25) is 0 Å². The Bertz CT molecular complexity index is 316. The van der Waals surface area contributed by atoms with Crippen LogP contribution in [0.2, 0.25) is 0 Å². The number of carbonyl (C=O) groups excluding carboxylic acids is 2. The van der Waals surface area contributed by atoms with Crippen molar-refractivity contribution in [3.05, 3.63) is 0 Å². The number of esters is 1. The van der Waals surface area contributed by atoms with Crippen LogP contribution in [0.25, 0.3) is 0 Å². The number of hydrogen-bond acceptors (Lipinski definition) is 4. The molecule has 1 N–H and O–H groups in total. The molecule has 0 heterocycles. The summed E-state index contributed by atoms with van der Waals surface area (Å²) in [6.07, 6.45) is 4.36. The Morgan fingerprint density at radius 2 is 2.06 bits per heavy atom. The van der Waals surface area contributed by atoms with Gasteiger partial charge in [-0.2, -0.15) is 0 Å². The Hall–Kier alpha value is -1.41. The van der Waals surface area contributed by atoms with Crippen LogP contribution in [-0.4, -0.2) is 29.8 Å². The van der Waals surface area contributed by atoms with Crippen molar-refractivity contribution < 1.29 is 19.1 Å². The van der Waals surface area contributed by atoms with Gasteiger partial charge in [-0.1, -0.05) is 11.6 Å². The second kappa shape index (κ2) is 7.02. The van der Waals surface area contributed by atoms with E-state index in [1.807, 2.05) is 0 Å². The SMILES string of the molecule is C#CCC(NC(=O)OC(C)(C)C)C(=O)OCCl. The van der Waals surface area contributed by atoms with E-state index in [-0.39, 0.29) is 12.5 Å². The minimum absolute atomic E-state index is 0.00889. The minimum atomic E-state index is -0.950. The van der Waals surface area contributed by atoms with Gasteiger partial charge in [0.05, 0.1) is 0 Å². The van der Waals surface area contributed by atoms with E-state index < -0.39 is 23.7 Å². The molecule has 0 aliphatic heterocycles. The minimum Gasteiger partial charge on any atom is -0.448 e. The second-order valence-electron chi connectivity index (χ2n) is 4.18. The molecule has 0 fully saturated rings. The third-order valence-corrected chi connectivity index (χ3v) is 1.60. The fourth-order valence-corrected chi connectivity index (χ4v) is 1.02. The molecule has 1 amide bonds. The maximum atomic E-state index is 11.4. The van der Waals surface area contributed by atoms with Crippen molar-refractivity contribution in [1.82, 2.24) is 5.32 Å². The normalized spacial score (nSPS) is 12.2. The van der Waals surface area contributed by atoms with Crippen LogP contribution >= 0.6 is 11.6 Å². The zero-order valence-corrected chi connectivity index (χ0v) is 10.8. The van der Waals surface area contributed by atoms with E-state index in [0.717, 1.165) is 0 Å². The zero-order chi connectivity index (χ0) is 13.5. The number of ether oxygens (including phenoxy) is 2. The topological polar surface area (TPSA) is 64.6 Å². The lowest BCUT2D eigenvalue weighted by molar-refractivity contribution is -0.143. The van der Waals surface area contributed by atoms with E-state index in [1.165, 1.54) is 0 Å². The Morgan fingerprint density at radius 3 is 2.47 bits per heavy atom. The second-order valence-corrected chi connectivity index (χ2v) is 4.40. The molecule has 0 radical (unpaired) electrons. The first-order valence-electron chi connectivity index (χ1n) is 4.95. The summed E-state index contributed by atoms with van der Waals surface area (Å²) in [5.41, 5.74) is -0.652. The number of rotatable bonds is 4. The molecule has 1 atom stereocenters. The molecule has 0 aliphatic carbocycles. The molecule has 0 aromatic heterocycles. The van der Waals surface area contributed by atoms with Crippen molar-refractivity contribution in [2.75, 3.05) is 6.07 Å². The van der Waals surface area contributed by atoms with Crippen LogP contribution in [0.4, 0.5) is 4.79 Å². The average Bonchev–Trinajstić information content (AvgIpc) is 2.14. The Balaban J connectivity index is 4.40. The van der Waals surface area contributed by atoms with Gasteiger partial charge in [-0.3, -0.25) is 0 Å². The number of terminal acetylenes is 1. The van der Waals surface area contributed by atoms with Gasteiger partial charge in [0, 0.05) is 6.42 Å². The fourth-order valence-electron chi connectivity index (χ4n) is 0.915. The van der Waals surface area contributed by atoms with Crippen molar-refractivity contribution in [2.45, 2.75) is 38.8 Å². The predicted molar refractivity (Wildman–Crippen MR) is 63.4 cm³/mol. The van der Waals surface area contributed by atoms with E-state index in [1.54, 1.807) is 20.8 Å². The Morgan fingerprint density at radius 1 is 1.47 bits per heavy atom. The number of hydrogen-bond donors (Lipinski definition) is 1. The van der Waals surface area contributed by atoms with E-state index >= 15 is 0 Å². The largest absolute Gasteiger partial charge is 0.448 e. The first-order valence-corrected chi connectivity index (χ1v) is 5.49. The van der Waals surface area contributed by atoms with Crippen molar-refractivity contribution in [3.63, 3.8) is 0 Å². The molecular weight excluding hydrogens is 246 g/mol. The maximum absolute atomic E-state index is 11.4. The summed E-state index contributed by atoms with van der Waals surface area (Å²) >= 11 is 5.24. The van der Waals surface area contributed by atoms with Crippen molar-refractivity contribution in [2.24, 2.45) is 0 Å². The first-order chi connectivity index (χ1) is 7.80. The van der Waals surface area contributed by atoms with Crippen molar-refractivity contribution in [3.8, 4) is 12.3 Å². The molecule has 0 saturated heterocycles. The Labute approximate surface area is 106 Å². The highest BCUT2D eigenvalue weighted by molar-refractivity contribution is 6.17. The highest BCUT2D eigenvalue weighted by Gasteiger charge is 2.24. The van der Waals surface area contributed by atoms with E-state index in [9.17, 15) is 9.59 Å². The van der Waals surface area contributed by atoms with Gasteiger partial charge in [0.25, 0.3) is 0 Å². The smallest absolute Gasteiger partial charge is 0.408 e. The van der Waals surface area contributed by atoms with Gasteiger partial charge < -0.3 is 14.8 Å². The van der Waals surface area contributed by atoms with Gasteiger partial charge >= 0.3 is 12.1 Å². The first kappa shape index (κ1) is 15.6. The van der Waals surface area contributed by atoms with Crippen LogP contribution in [-0.2, 0) is 14.3 Å². The lowest BCUT2D eigenvalue weighted by Crippen LogP contribution is -2.44. The highest BCUT2D eigenvalue weighted by atomic mass is 35.5. The van der Waals surface area contributed by atoms with Gasteiger partial charge in [-0.15, -0.1) is 12.3 Å². The zero-order valence-electron chi connectivity index (χ0n) is 10.1. The van der Waals surface area contributed by atoms with Crippen molar-refractivity contribution >= 4 is 23.7 Å². The molecule has 0 aliphatic rings. The quantitative estimate of drug-likeness (QED) is 0.475. The third kappa shape index (κ3) is 7.47. The van der Waals surface area contributed by atoms with Crippen molar-refractivity contribution in [1.29, 1.82) is 0 Å². The third-order valence-electron chi connectivity index (χ3n) is 1.49. The van der Waals surface area contributed by atoms with E-state index in [0.29, 0.717) is 0 Å². The van der Waals surface area contributed by atoms with Crippen LogP contribution in [0.5, 0.6) is 0 Å². The molecule has 0 rings (SSSR count). The fraction of sp³-hybridized carbons (Fsp3) is 0.636. The van der Waals surface area contributed by atoms with Gasteiger partial charge in [0.1, 0.15) is 11.6 Å². The summed E-state index contributed by atoms with van der Waals surface area (Å²) in [7, 11) is 0. The molecule has 1 unspecified atom stereocenters. The monoisotopic (exact) mass is 261 g/mol. The standard InChI is InChI=1S/C11H16ClNO4/c1-5-6-8(9(14)16-7-12)13-10(15)17-11(2,3)4/h1,8H,6-7H2,2-4H3,(H,13,15). The summed E-state index contributed by atoms with van der Waals surface area (Å²) in [6, 6.07) is -1.25. The summed E-state index contributed by atoms with van der Waals surface area (Å²) in [4.78, 5) is 22.8. The molecule has 0 aromatic carbocycles. The summed E-state index contributed by atoms with van der Waals surface area (Å²) in [5.74, 6) is 1.57. The van der Waals surface area contributed by atoms with Crippen LogP contribution < -0.4 is 5.32 Å². The maximum Gasteiger partial charge on any atom is 0.408 e. The van der Waals surface area contributed by atoms with Gasteiger partial charge in [-0.05, 0) is 20.8 Å². The van der Waals surface area contributed by atoms with Crippen LogP contribution in [0.15, 0.2) is 0 Å². The van der Waals surface area contributed by atoms with Crippen LogP contribution in [0, 0.1) is 12.3 Å². The molecule has 17 heavy (non-hydrogen) atoms. The molecular formula is C11H16ClNO4. The molecule has 0 spiro atoms. The number of nitrogens with one attached hydrogen (secondary N) is 1. The van der Waals surface area contributed by atoms with Crippen LogP contribution in [0.1, 0.15) is 27.2 Å². The average molecular weight is 262 g/mol. The lowest BCUT2D eigenvalue weighted by atomic mass is 10.2. The Kier molecular flexibility index (Phi) is 6.44. The number of alkyl halides is 1. The van der Waals surface area contributed by atoms with E-state index in [2.05, 4.69) is 16.0 Å². The number of alkyl carbamates (subject to hydrolysis) is 1. The van der Waals surface area contributed by atoms with Gasteiger partial charge in [0.15, 0.2) is 6.07 Å². The molecule has 6 heteroatoms. The molecule has 0 saturated carbocycles. The predicted octanol–water partition coefficient (Wildman–Crippen LogP) is 1.64. The molecule has 0 bridgehead atoms. The summed E-state index contributed by atoms with van der Waals surface area (Å²) in [6.45, 7) is 5.12. The summed E-state index contributed by atoms with van der Waals surface area (Å²) < 4.78 is 9.53. The number of carbonyl (C=O) groups is 2. The summed E-state index contributed by atoms with van der Waals surface area (Å²) in [5, 5.41) is 2.32. The van der Waals surface area contributed by atoms with Crippen LogP contribution in [0.3, 0.4) is 0 Å². The van der Waals surface area contributed by atoms with Gasteiger partial charge in [-0.25, -0.2) is 9.59 Å². The molecule has 96 valence electrons. The molecule has 0 aromatic rings.